The molecule has 0 spiro atoms. The summed E-state index contributed by atoms with van der Waals surface area (Å²) in [5.41, 5.74) is 1.74. The van der Waals surface area contributed by atoms with Gasteiger partial charge in [0.15, 0.2) is 0 Å². The van der Waals surface area contributed by atoms with Crippen molar-refractivity contribution in [2.24, 2.45) is 0 Å². The number of nitrogens with one attached hydrogen (secondary N) is 1. The lowest BCUT2D eigenvalue weighted by Crippen LogP contribution is -1.68. The Kier molecular flexibility index (Phi) is 0.277. The number of hydrogen-bond donors (Lipinski definition) is 1. The average molecular weight is 74.1 g/mol. The van der Waals surface area contributed by atoms with Crippen LogP contribution >= 0.6 is 11.5 Å². The van der Waals surface area contributed by atoms with Gasteiger partial charge in [-0.15, -0.1) is 0 Å². The van der Waals surface area contributed by atoms with Gasteiger partial charge in [-0.3, -0.25) is 0 Å². The highest BCUT2D eigenvalue weighted by atomic mass is 32.1. The van der Waals surface area contributed by atoms with Gasteiger partial charge in [-0.05, 0) is 11.5 Å². The summed E-state index contributed by atoms with van der Waals surface area (Å²) in [6.45, 7) is 0. The number of rotatable bonds is 0. The van der Waals surface area contributed by atoms with E-state index in [1.54, 1.807) is 5.51 Å². The van der Waals surface area contributed by atoms with Crippen molar-refractivity contribution in [3.8, 4) is 0 Å². The fourth-order valence-corrected chi connectivity index (χ4v) is 0.158. The summed E-state index contributed by atoms with van der Waals surface area (Å²) in [6, 6.07) is 0. The van der Waals surface area contributed by atoms with E-state index in [9.17, 15) is 0 Å². The fraction of sp³-hybridized carbons (Fsp3) is 0. The van der Waals surface area contributed by atoms with Crippen molar-refractivity contribution in [2.45, 2.75) is 0 Å². The van der Waals surface area contributed by atoms with Crippen molar-refractivity contribution in [1.82, 2.24) is 9.59 Å². The number of nitrogens with zero attached hydrogens (tertiary/aromatic N) is 1. The third kappa shape index (κ3) is 0.0591. The largest absolute Gasteiger partial charge is 0.230 e. The number of hydrogen-bond acceptors (Lipinski definition) is 2. The maximum Gasteiger partial charge on any atom is 0.119 e. The minimum Gasteiger partial charge on any atom is -0.230 e. The van der Waals surface area contributed by atoms with Crippen molar-refractivity contribution in [2.75, 3.05) is 0 Å². The van der Waals surface area contributed by atoms with E-state index in [0.29, 0.717) is 0 Å². The molecular formula is CH2N2S. The molecule has 0 aliphatic heterocycles. The van der Waals surface area contributed by atoms with Crippen LogP contribution in [0.5, 0.6) is 0 Å². The Balaban J connectivity index is 3.00. The van der Waals surface area contributed by atoms with Crippen LogP contribution in [0.2, 0.25) is 0 Å². The quantitative estimate of drug-likeness (QED) is 0.476. The lowest BCUT2D eigenvalue weighted by Gasteiger charge is -1.72. The topological polar surface area (TPSA) is 28.7 Å². The second kappa shape index (κ2) is 0.564. The summed E-state index contributed by atoms with van der Waals surface area (Å²) in [5, 5.41) is 3.50. The minimum absolute atomic E-state index is 1.50. The zero-order chi connectivity index (χ0) is 2.83. The number of aromatic amines is 1. The van der Waals surface area contributed by atoms with Gasteiger partial charge < -0.3 is 0 Å². The highest BCUT2D eigenvalue weighted by Gasteiger charge is 1.57. The van der Waals surface area contributed by atoms with Crippen LogP contribution in [0.15, 0.2) is 5.51 Å². The Morgan fingerprint density at radius 3 is 2.25 bits per heavy atom. The molecule has 0 unspecified atom stereocenters. The summed E-state index contributed by atoms with van der Waals surface area (Å²) in [7, 11) is 0. The van der Waals surface area contributed by atoms with Crippen molar-refractivity contribution < 1.29 is 0 Å². The van der Waals surface area contributed by atoms with E-state index in [4.69, 9.17) is 0 Å². The van der Waals surface area contributed by atoms with Gasteiger partial charge in [-0.1, -0.05) is 0 Å². The van der Waals surface area contributed by atoms with Gasteiger partial charge in [0.1, 0.15) is 5.51 Å². The van der Waals surface area contributed by atoms with Crippen LogP contribution in [-0.4, -0.2) is 9.59 Å². The van der Waals surface area contributed by atoms with Crippen LogP contribution in [0, 0.1) is 0 Å². The Morgan fingerprint density at radius 1 is 2.00 bits per heavy atom. The second-order valence-electron chi connectivity index (χ2n) is 0.444. The Labute approximate surface area is 27.6 Å². The zero-order valence-corrected chi connectivity index (χ0v) is 2.75. The Hall–Kier alpha value is -0.310. The van der Waals surface area contributed by atoms with Crippen LogP contribution in [0.25, 0.3) is 0 Å². The molecule has 4 heavy (non-hydrogen) atoms. The molecule has 1 N–H and O–H groups in total. The first-order valence-corrected chi connectivity index (χ1v) is 1.80. The molecule has 1 aromatic heterocycles. The van der Waals surface area contributed by atoms with Crippen LogP contribution in [0.1, 0.15) is 0 Å². The molecule has 0 aliphatic rings. The molecule has 0 saturated carbocycles. The van der Waals surface area contributed by atoms with E-state index in [0.717, 1.165) is 0 Å². The molecule has 0 amide bonds. The van der Waals surface area contributed by atoms with Crippen molar-refractivity contribution >= 4 is 11.5 Å². The normalized spacial score (nSPS) is 8.00. The summed E-state index contributed by atoms with van der Waals surface area (Å²) in [4.78, 5) is 0. The molecule has 0 fully saturated rings. The van der Waals surface area contributed by atoms with Gasteiger partial charge in [0.2, 0.25) is 0 Å². The van der Waals surface area contributed by atoms with E-state index in [1.807, 2.05) is 0 Å². The van der Waals surface area contributed by atoms with Gasteiger partial charge in [0.25, 0.3) is 0 Å². The van der Waals surface area contributed by atoms with E-state index >= 15 is 0 Å². The molecule has 0 saturated heterocycles. The van der Waals surface area contributed by atoms with E-state index in [1.165, 1.54) is 11.5 Å². The van der Waals surface area contributed by atoms with E-state index in [-0.39, 0.29) is 0 Å². The van der Waals surface area contributed by atoms with Crippen molar-refractivity contribution in [1.29, 1.82) is 0 Å². The third-order valence-electron chi connectivity index (χ3n) is 0.211. The van der Waals surface area contributed by atoms with Crippen LogP contribution in [0.3, 0.4) is 0 Å². The van der Waals surface area contributed by atoms with Gasteiger partial charge in [0.05, 0.1) is 0 Å². The summed E-state index contributed by atoms with van der Waals surface area (Å²) in [6.07, 6.45) is 0. The molecule has 0 atom stereocenters. The van der Waals surface area contributed by atoms with E-state index < -0.39 is 0 Å². The third-order valence-corrected chi connectivity index (χ3v) is 0.632. The standard InChI is InChI=1S/CH2N2S/c1-2-3-4-1/h1,3H. The molecule has 1 rings (SSSR count). The van der Waals surface area contributed by atoms with E-state index in [2.05, 4.69) is 9.59 Å². The highest BCUT2D eigenvalue weighted by Crippen LogP contribution is 1.76. The van der Waals surface area contributed by atoms with Crippen LogP contribution in [-0.2, 0) is 0 Å². The first-order valence-electron chi connectivity index (χ1n) is 0.922. The average Bonchev–Trinajstić information content (AvgIpc) is 0.722. The first-order chi connectivity index (χ1) is 2.00. The van der Waals surface area contributed by atoms with Crippen molar-refractivity contribution in [3.05, 3.63) is 5.51 Å². The predicted molar refractivity (Wildman–Crippen MR) is 16.5 cm³/mol. The SMILES string of the molecule is c1n[nH]s1. The van der Waals surface area contributed by atoms with Crippen LogP contribution < -0.4 is 0 Å². The maximum atomic E-state index is 3.50. The second-order valence-corrected chi connectivity index (χ2v) is 1.07. The summed E-state index contributed by atoms with van der Waals surface area (Å²) < 4.78 is 2.60. The fourth-order valence-electron chi connectivity index (χ4n) is 0.0527. The summed E-state index contributed by atoms with van der Waals surface area (Å²) >= 11 is 1.50. The Morgan fingerprint density at radius 2 is 2.25 bits per heavy atom. The minimum atomic E-state index is 1.50. The predicted octanol–water partition coefficient (Wildman–Crippen LogP) is 0.471. The molecule has 0 radical (unpaired) electrons. The van der Waals surface area contributed by atoms with Gasteiger partial charge >= 0.3 is 0 Å². The molecule has 2 nitrogen and oxygen atoms in total. The zero-order valence-electron chi connectivity index (χ0n) is 1.93. The lowest BCUT2D eigenvalue weighted by molar-refractivity contribution is 1.11. The Bertz CT molecular complexity index is 47.8. The first kappa shape index (κ1) is 1.96. The number of aromatic nitrogens is 2. The van der Waals surface area contributed by atoms with Crippen LogP contribution in [0.4, 0.5) is 0 Å². The molecule has 0 aromatic carbocycles. The smallest absolute Gasteiger partial charge is 0.119 e. The van der Waals surface area contributed by atoms with Gasteiger partial charge in [-0.2, -0.15) is 5.10 Å². The molecule has 1 aromatic rings. The molecule has 0 aliphatic carbocycles. The van der Waals surface area contributed by atoms with Crippen molar-refractivity contribution in [3.63, 3.8) is 0 Å². The van der Waals surface area contributed by atoms with Gasteiger partial charge in [0, 0.05) is 0 Å². The lowest BCUT2D eigenvalue weighted by atomic mass is 11.6. The molecule has 1 heterocycles. The number of H-pyrrole nitrogens is 1. The molecule has 0 bridgehead atoms. The molecular weight excluding hydrogens is 72.1 g/mol. The monoisotopic (exact) mass is 74.0 g/mol. The molecule has 22 valence electrons. The summed E-state index contributed by atoms with van der Waals surface area (Å²) in [5.74, 6) is 0. The van der Waals surface area contributed by atoms with Gasteiger partial charge in [-0.25, -0.2) is 4.49 Å². The maximum absolute atomic E-state index is 3.50. The highest BCUT2D eigenvalue weighted by molar-refractivity contribution is 7.03. The molecule has 3 heteroatoms.